The molecule has 1 aromatic rings. The Hall–Kier alpha value is -1.51. The van der Waals surface area contributed by atoms with Gasteiger partial charge in [0.2, 0.25) is 10.0 Å². The van der Waals surface area contributed by atoms with Crippen LogP contribution in [0.4, 0.5) is 4.39 Å². The van der Waals surface area contributed by atoms with Crippen molar-refractivity contribution in [3.63, 3.8) is 0 Å². The zero-order valence-corrected chi connectivity index (χ0v) is 13.8. The van der Waals surface area contributed by atoms with Gasteiger partial charge in [-0.15, -0.1) is 0 Å². The van der Waals surface area contributed by atoms with Crippen molar-refractivity contribution in [1.82, 2.24) is 14.1 Å². The predicted molar refractivity (Wildman–Crippen MR) is 82.5 cm³/mol. The topological polar surface area (TPSA) is 60.9 Å². The number of benzene rings is 1. The maximum Gasteiger partial charge on any atom is 0.255 e. The van der Waals surface area contributed by atoms with E-state index in [1.54, 1.807) is 4.90 Å². The number of hydrogen-bond donors (Lipinski definition) is 0. The van der Waals surface area contributed by atoms with Gasteiger partial charge in [-0.1, -0.05) is 6.07 Å². The van der Waals surface area contributed by atoms with Crippen LogP contribution in [0, 0.1) is 5.82 Å². The van der Waals surface area contributed by atoms with Crippen molar-refractivity contribution in [1.29, 1.82) is 0 Å². The maximum absolute atomic E-state index is 13.4. The van der Waals surface area contributed by atoms with Gasteiger partial charge in [0.1, 0.15) is 5.82 Å². The van der Waals surface area contributed by atoms with Gasteiger partial charge in [-0.2, -0.15) is 4.31 Å². The smallest absolute Gasteiger partial charge is 0.255 e. The Labute approximate surface area is 135 Å². The number of piperazine rings is 1. The van der Waals surface area contributed by atoms with Crippen molar-refractivity contribution in [2.75, 3.05) is 32.7 Å². The van der Waals surface area contributed by atoms with Crippen LogP contribution in [-0.2, 0) is 14.8 Å². The number of carbonyl (C=O) groups is 1. The first-order chi connectivity index (χ1) is 10.9. The van der Waals surface area contributed by atoms with E-state index < -0.39 is 22.0 Å². The van der Waals surface area contributed by atoms with Gasteiger partial charge >= 0.3 is 0 Å². The third-order valence-corrected chi connectivity index (χ3v) is 6.27. The second kappa shape index (κ2) is 6.18. The van der Waals surface area contributed by atoms with Crippen molar-refractivity contribution < 1.29 is 17.6 Å². The Morgan fingerprint density at radius 3 is 2.70 bits per heavy atom. The van der Waals surface area contributed by atoms with Crippen molar-refractivity contribution in [2.45, 2.75) is 24.4 Å². The minimum atomic E-state index is -3.92. The summed E-state index contributed by atoms with van der Waals surface area (Å²) in [6.07, 6.45) is -0.157. The highest BCUT2D eigenvalue weighted by atomic mass is 32.2. The molecule has 23 heavy (non-hydrogen) atoms. The highest BCUT2D eigenvalue weighted by Crippen LogP contribution is 2.27. The molecule has 6 nitrogen and oxygen atoms in total. The van der Waals surface area contributed by atoms with Crippen molar-refractivity contribution >= 4 is 15.9 Å². The number of rotatable bonds is 3. The number of halogens is 1. The molecule has 1 aromatic carbocycles. The molecule has 2 fully saturated rings. The normalized spacial score (nSPS) is 23.8. The Morgan fingerprint density at radius 2 is 2.00 bits per heavy atom. The lowest BCUT2D eigenvalue weighted by atomic mass is 10.2. The van der Waals surface area contributed by atoms with E-state index in [0.29, 0.717) is 32.6 Å². The molecule has 0 spiro atoms. The molecule has 0 radical (unpaired) electrons. The lowest BCUT2D eigenvalue weighted by molar-refractivity contribution is -0.149. The summed E-state index contributed by atoms with van der Waals surface area (Å²) in [4.78, 5) is 16.1. The second-order valence-corrected chi connectivity index (χ2v) is 7.64. The molecule has 0 aliphatic carbocycles. The molecule has 126 valence electrons. The minimum Gasteiger partial charge on any atom is -0.339 e. The number of likely N-dealkylation sites (N-methyl/N-ethyl adjacent to an activating group) is 1. The van der Waals surface area contributed by atoms with Gasteiger partial charge in [-0.05, 0) is 31.5 Å². The standard InChI is InChI=1S/C15H20FN3O3S/c1-2-17-9-10-18-7-4-8-19(14(18)15(17)20)23(21,22)13-6-3-5-12(16)11-13/h3,5-6,11,14H,2,4,7-10H2,1H3/t14-/m1/s1. The lowest BCUT2D eigenvalue weighted by Crippen LogP contribution is -2.67. The van der Waals surface area contributed by atoms with E-state index in [4.69, 9.17) is 0 Å². The van der Waals surface area contributed by atoms with E-state index in [9.17, 15) is 17.6 Å². The van der Waals surface area contributed by atoms with Gasteiger partial charge in [0.05, 0.1) is 4.90 Å². The van der Waals surface area contributed by atoms with Crippen molar-refractivity contribution in [2.24, 2.45) is 0 Å². The number of nitrogens with zero attached hydrogens (tertiary/aromatic N) is 3. The molecule has 1 amide bonds. The third kappa shape index (κ3) is 2.86. The molecule has 0 bridgehead atoms. The van der Waals surface area contributed by atoms with Gasteiger partial charge in [-0.25, -0.2) is 12.8 Å². The monoisotopic (exact) mass is 341 g/mol. The summed E-state index contributed by atoms with van der Waals surface area (Å²) in [7, 11) is -3.92. The van der Waals surface area contributed by atoms with E-state index in [0.717, 1.165) is 6.07 Å². The van der Waals surface area contributed by atoms with Crippen molar-refractivity contribution in [3.8, 4) is 0 Å². The molecule has 2 aliphatic heterocycles. The van der Waals surface area contributed by atoms with Gasteiger partial charge in [0.15, 0.2) is 6.17 Å². The Kier molecular flexibility index (Phi) is 4.39. The molecule has 8 heteroatoms. The summed E-state index contributed by atoms with van der Waals surface area (Å²) in [6.45, 7) is 4.66. The van der Waals surface area contributed by atoms with Crippen LogP contribution in [0.15, 0.2) is 29.2 Å². The molecule has 0 unspecified atom stereocenters. The first kappa shape index (κ1) is 16.4. The Morgan fingerprint density at radius 1 is 1.22 bits per heavy atom. The molecule has 0 saturated carbocycles. The average molecular weight is 341 g/mol. The van der Waals surface area contributed by atoms with Crippen LogP contribution in [0.3, 0.4) is 0 Å². The van der Waals surface area contributed by atoms with Crippen LogP contribution >= 0.6 is 0 Å². The van der Waals surface area contributed by atoms with Crippen LogP contribution in [0.5, 0.6) is 0 Å². The highest BCUT2D eigenvalue weighted by Gasteiger charge is 2.45. The zero-order chi connectivity index (χ0) is 16.6. The van der Waals surface area contributed by atoms with Gasteiger partial charge in [0, 0.05) is 32.7 Å². The molecule has 1 atom stereocenters. The first-order valence-electron chi connectivity index (χ1n) is 7.75. The van der Waals surface area contributed by atoms with Crippen LogP contribution in [0.2, 0.25) is 0 Å². The summed E-state index contributed by atoms with van der Waals surface area (Å²) in [5.74, 6) is -0.802. The van der Waals surface area contributed by atoms with E-state index in [-0.39, 0.29) is 17.3 Å². The maximum atomic E-state index is 13.4. The molecule has 0 aromatic heterocycles. The fourth-order valence-corrected chi connectivity index (χ4v) is 4.86. The molecule has 2 aliphatic rings. The molecule has 3 rings (SSSR count). The molecule has 0 N–H and O–H groups in total. The Balaban J connectivity index is 1.98. The zero-order valence-electron chi connectivity index (χ0n) is 13.0. The quantitative estimate of drug-likeness (QED) is 0.812. The fraction of sp³-hybridized carbons (Fsp3) is 0.533. The van der Waals surface area contributed by atoms with Crippen LogP contribution < -0.4 is 0 Å². The van der Waals surface area contributed by atoms with Crippen LogP contribution in [0.1, 0.15) is 13.3 Å². The van der Waals surface area contributed by atoms with Crippen LogP contribution in [0.25, 0.3) is 0 Å². The highest BCUT2D eigenvalue weighted by molar-refractivity contribution is 7.89. The van der Waals surface area contributed by atoms with Gasteiger partial charge < -0.3 is 4.90 Å². The SMILES string of the molecule is CCN1CCN2CCCN(S(=O)(=O)c3cccc(F)c3)[C@@H]2C1=O. The lowest BCUT2D eigenvalue weighted by Gasteiger charge is -2.47. The number of fused-ring (bicyclic) bond motifs is 1. The van der Waals surface area contributed by atoms with Gasteiger partial charge in [-0.3, -0.25) is 9.69 Å². The Bertz CT molecular complexity index is 710. The summed E-state index contributed by atoms with van der Waals surface area (Å²) in [5.41, 5.74) is 0. The summed E-state index contributed by atoms with van der Waals surface area (Å²) < 4.78 is 40.4. The molecule has 2 heterocycles. The van der Waals surface area contributed by atoms with Crippen molar-refractivity contribution in [3.05, 3.63) is 30.1 Å². The average Bonchev–Trinajstić information content (AvgIpc) is 2.55. The third-order valence-electron chi connectivity index (χ3n) is 4.42. The number of sulfonamides is 1. The summed E-state index contributed by atoms with van der Waals surface area (Å²) in [5, 5.41) is 0. The summed E-state index contributed by atoms with van der Waals surface area (Å²) in [6, 6.07) is 4.93. The van der Waals surface area contributed by atoms with E-state index >= 15 is 0 Å². The minimum absolute atomic E-state index is 0.110. The van der Waals surface area contributed by atoms with Crippen LogP contribution in [-0.4, -0.2) is 67.3 Å². The second-order valence-electron chi connectivity index (χ2n) is 5.75. The summed E-state index contributed by atoms with van der Waals surface area (Å²) >= 11 is 0. The van der Waals surface area contributed by atoms with E-state index in [1.165, 1.54) is 22.5 Å². The number of amides is 1. The fourth-order valence-electron chi connectivity index (χ4n) is 3.22. The molecular formula is C15H20FN3O3S. The van der Waals surface area contributed by atoms with E-state index in [2.05, 4.69) is 0 Å². The number of hydrogen-bond acceptors (Lipinski definition) is 4. The first-order valence-corrected chi connectivity index (χ1v) is 9.19. The predicted octanol–water partition coefficient (Wildman–Crippen LogP) is 0.710. The molecular weight excluding hydrogens is 321 g/mol. The van der Waals surface area contributed by atoms with Gasteiger partial charge in [0.25, 0.3) is 5.91 Å². The number of carbonyl (C=O) groups excluding carboxylic acids is 1. The van der Waals surface area contributed by atoms with E-state index in [1.807, 2.05) is 11.8 Å². The largest absolute Gasteiger partial charge is 0.339 e. The molecule has 2 saturated heterocycles.